The Balaban J connectivity index is 1.71. The second kappa shape index (κ2) is 4.95. The van der Waals surface area contributed by atoms with Gasteiger partial charge in [-0.25, -0.2) is 0 Å². The molecule has 4 rings (SSSR count). The Morgan fingerprint density at radius 3 is 2.86 bits per heavy atom. The first-order valence-corrected chi connectivity index (χ1v) is 9.54. The molecule has 3 atom stereocenters. The summed E-state index contributed by atoms with van der Waals surface area (Å²) in [7, 11) is 0. The molecule has 2 aliphatic carbocycles. The fourth-order valence-electron chi connectivity index (χ4n) is 4.39. The van der Waals surface area contributed by atoms with Crippen LogP contribution in [0.3, 0.4) is 0 Å². The molecule has 3 aliphatic rings. The molecule has 4 heteroatoms. The van der Waals surface area contributed by atoms with Crippen molar-refractivity contribution in [2.45, 2.75) is 64.5 Å². The van der Waals surface area contributed by atoms with E-state index in [4.69, 9.17) is 12.2 Å². The molecule has 2 nitrogen and oxygen atoms in total. The maximum atomic E-state index is 5.79. The highest BCUT2D eigenvalue weighted by Crippen LogP contribution is 2.45. The zero-order valence-corrected chi connectivity index (χ0v) is 14.6. The molecule has 0 radical (unpaired) electrons. The third kappa shape index (κ3) is 2.31. The van der Waals surface area contributed by atoms with Gasteiger partial charge in [-0.05, 0) is 55.9 Å². The maximum absolute atomic E-state index is 5.79. The van der Waals surface area contributed by atoms with Gasteiger partial charge in [0.05, 0.1) is 0 Å². The lowest BCUT2D eigenvalue weighted by Crippen LogP contribution is -2.59. The predicted octanol–water partition coefficient (Wildman–Crippen LogP) is 4.47. The number of thiophene rings is 1. The molecule has 1 aliphatic heterocycles. The molecule has 2 heterocycles. The quantitative estimate of drug-likeness (QED) is 0.690. The van der Waals surface area contributed by atoms with Crippen LogP contribution in [-0.2, 0) is 12.8 Å². The average molecular weight is 321 g/mol. The molecule has 0 bridgehead atoms. The van der Waals surface area contributed by atoms with Crippen LogP contribution in [0, 0.1) is 11.8 Å². The van der Waals surface area contributed by atoms with Crippen molar-refractivity contribution >= 4 is 33.5 Å². The Kier molecular flexibility index (Phi) is 3.30. The molecule has 1 aromatic heterocycles. The van der Waals surface area contributed by atoms with E-state index in [9.17, 15) is 0 Å². The topological polar surface area (TPSA) is 24.1 Å². The van der Waals surface area contributed by atoms with E-state index in [1.54, 1.807) is 4.88 Å². The van der Waals surface area contributed by atoms with Gasteiger partial charge in [-0.2, -0.15) is 0 Å². The summed E-state index contributed by atoms with van der Waals surface area (Å²) in [4.78, 5) is 2.58. The Morgan fingerprint density at radius 1 is 1.19 bits per heavy atom. The number of hydrogen-bond donors (Lipinski definition) is 2. The van der Waals surface area contributed by atoms with Crippen molar-refractivity contribution in [3.8, 4) is 0 Å². The minimum atomic E-state index is 0.0286. The van der Waals surface area contributed by atoms with Crippen LogP contribution in [0.1, 0.15) is 62.0 Å². The molecule has 1 spiro atoms. The lowest BCUT2D eigenvalue weighted by atomic mass is 9.80. The highest BCUT2D eigenvalue weighted by atomic mass is 32.1. The zero-order valence-electron chi connectivity index (χ0n) is 12.9. The summed E-state index contributed by atoms with van der Waals surface area (Å²) in [6.07, 6.45) is 8.79. The predicted molar refractivity (Wildman–Crippen MR) is 94.3 cm³/mol. The molecular formula is C17H24N2S2. The van der Waals surface area contributed by atoms with Gasteiger partial charge in [0.1, 0.15) is 15.7 Å². The normalized spacial score (nSPS) is 34.9. The first kappa shape index (κ1) is 14.0. The van der Waals surface area contributed by atoms with Crippen molar-refractivity contribution in [3.63, 3.8) is 0 Å². The van der Waals surface area contributed by atoms with Crippen LogP contribution in [0.25, 0.3) is 0 Å². The Morgan fingerprint density at radius 2 is 2.05 bits per heavy atom. The summed E-state index contributed by atoms with van der Waals surface area (Å²) in [5.41, 5.74) is 2.90. The van der Waals surface area contributed by atoms with Crippen LogP contribution in [0.15, 0.2) is 0 Å². The van der Waals surface area contributed by atoms with Gasteiger partial charge in [-0.3, -0.25) is 0 Å². The standard InChI is InChI=1S/C17H24N2S2/c1-10-5-6-13-12(8-10)14-15(20)18-17(19-16(14)21-13)7-3-4-11(2)9-17/h10-11,19H,3-9H2,1-2H3,(H,18,20)/t10-,11+,17-/m1/s1. The van der Waals surface area contributed by atoms with Crippen LogP contribution in [-0.4, -0.2) is 10.7 Å². The molecule has 0 saturated heterocycles. The fraction of sp³-hybridized carbons (Fsp3) is 0.706. The maximum Gasteiger partial charge on any atom is 0.111 e. The SMILES string of the molecule is C[C@@H]1CCc2sc3c(c2C1)C(=S)N[C@]1(CCC[C@H](C)C1)N3. The van der Waals surface area contributed by atoms with E-state index in [0.717, 1.165) is 16.8 Å². The number of hydrogen-bond acceptors (Lipinski definition) is 3. The first-order chi connectivity index (χ1) is 10.1. The highest BCUT2D eigenvalue weighted by molar-refractivity contribution is 7.80. The number of nitrogens with one attached hydrogen (secondary N) is 2. The van der Waals surface area contributed by atoms with Gasteiger partial charge < -0.3 is 10.6 Å². The highest BCUT2D eigenvalue weighted by Gasteiger charge is 2.41. The molecule has 21 heavy (non-hydrogen) atoms. The second-order valence-electron chi connectivity index (χ2n) is 7.42. The molecule has 0 aromatic carbocycles. The van der Waals surface area contributed by atoms with E-state index in [-0.39, 0.29) is 5.66 Å². The zero-order chi connectivity index (χ0) is 14.6. The lowest BCUT2D eigenvalue weighted by molar-refractivity contribution is 0.241. The molecule has 1 fully saturated rings. The van der Waals surface area contributed by atoms with Gasteiger partial charge in [0.25, 0.3) is 0 Å². The van der Waals surface area contributed by atoms with E-state index >= 15 is 0 Å². The van der Waals surface area contributed by atoms with E-state index in [0.29, 0.717) is 0 Å². The van der Waals surface area contributed by atoms with Crippen LogP contribution in [0.4, 0.5) is 5.00 Å². The van der Waals surface area contributed by atoms with E-state index in [1.807, 2.05) is 11.3 Å². The minimum Gasteiger partial charge on any atom is -0.354 e. The van der Waals surface area contributed by atoms with Gasteiger partial charge in [0, 0.05) is 10.4 Å². The molecule has 114 valence electrons. The van der Waals surface area contributed by atoms with Gasteiger partial charge in [0.2, 0.25) is 0 Å². The third-order valence-corrected chi connectivity index (χ3v) is 6.95. The molecular weight excluding hydrogens is 296 g/mol. The monoisotopic (exact) mass is 320 g/mol. The molecule has 0 amide bonds. The lowest BCUT2D eigenvalue weighted by Gasteiger charge is -2.45. The molecule has 2 N–H and O–H groups in total. The summed E-state index contributed by atoms with van der Waals surface area (Å²) in [5.74, 6) is 1.57. The van der Waals surface area contributed by atoms with Gasteiger partial charge in [-0.1, -0.05) is 32.5 Å². The van der Waals surface area contributed by atoms with Crippen molar-refractivity contribution < 1.29 is 0 Å². The van der Waals surface area contributed by atoms with Crippen LogP contribution >= 0.6 is 23.6 Å². The molecule has 1 saturated carbocycles. The van der Waals surface area contributed by atoms with Crippen LogP contribution in [0.5, 0.6) is 0 Å². The molecule has 0 unspecified atom stereocenters. The largest absolute Gasteiger partial charge is 0.354 e. The fourth-order valence-corrected chi connectivity index (χ4v) is 6.23. The van der Waals surface area contributed by atoms with Crippen molar-refractivity contribution in [2.24, 2.45) is 11.8 Å². The van der Waals surface area contributed by atoms with Crippen LogP contribution in [0.2, 0.25) is 0 Å². The Hall–Kier alpha value is -0.610. The average Bonchev–Trinajstić information content (AvgIpc) is 2.75. The van der Waals surface area contributed by atoms with Crippen molar-refractivity contribution in [3.05, 3.63) is 16.0 Å². The van der Waals surface area contributed by atoms with Gasteiger partial charge in [-0.15, -0.1) is 11.3 Å². The number of rotatable bonds is 0. The Bertz CT molecular complexity index is 592. The first-order valence-electron chi connectivity index (χ1n) is 8.31. The molecule has 1 aromatic rings. The summed E-state index contributed by atoms with van der Waals surface area (Å²) < 4.78 is 0. The minimum absolute atomic E-state index is 0.0286. The summed E-state index contributed by atoms with van der Waals surface area (Å²) in [5, 5.41) is 8.92. The smallest absolute Gasteiger partial charge is 0.111 e. The summed E-state index contributed by atoms with van der Waals surface area (Å²) in [6.45, 7) is 4.73. The van der Waals surface area contributed by atoms with E-state index in [2.05, 4.69) is 24.5 Å². The number of anilines is 1. The van der Waals surface area contributed by atoms with Crippen molar-refractivity contribution in [1.82, 2.24) is 5.32 Å². The van der Waals surface area contributed by atoms with Crippen molar-refractivity contribution in [1.29, 1.82) is 0 Å². The van der Waals surface area contributed by atoms with E-state index < -0.39 is 0 Å². The summed E-state index contributed by atoms with van der Waals surface area (Å²) in [6, 6.07) is 0. The number of fused-ring (bicyclic) bond motifs is 3. The van der Waals surface area contributed by atoms with Gasteiger partial charge in [0.15, 0.2) is 0 Å². The summed E-state index contributed by atoms with van der Waals surface area (Å²) >= 11 is 7.76. The Labute approximate surface area is 136 Å². The van der Waals surface area contributed by atoms with Crippen molar-refractivity contribution in [2.75, 3.05) is 5.32 Å². The van der Waals surface area contributed by atoms with E-state index in [1.165, 1.54) is 61.1 Å². The number of thiocarbonyl (C=S) groups is 1. The number of aryl methyl sites for hydroxylation is 1. The van der Waals surface area contributed by atoms with Gasteiger partial charge >= 0.3 is 0 Å². The second-order valence-corrected chi connectivity index (χ2v) is 8.93. The third-order valence-electron chi connectivity index (χ3n) is 5.44. The van der Waals surface area contributed by atoms with Crippen LogP contribution < -0.4 is 10.6 Å².